The summed E-state index contributed by atoms with van der Waals surface area (Å²) >= 11 is 1.73. The average molecular weight is 196 g/mol. The lowest BCUT2D eigenvalue weighted by molar-refractivity contribution is 0.310. The summed E-state index contributed by atoms with van der Waals surface area (Å²) in [4.78, 5) is 1.22. The summed E-state index contributed by atoms with van der Waals surface area (Å²) in [6, 6.07) is 6.33. The van der Waals surface area contributed by atoms with E-state index in [9.17, 15) is 0 Å². The Hall–Kier alpha value is -0.630. The molecule has 0 unspecified atom stereocenters. The molecule has 0 bridgehead atoms. The quantitative estimate of drug-likeness (QED) is 0.682. The van der Waals surface area contributed by atoms with Gasteiger partial charge >= 0.3 is 0 Å². The minimum Gasteiger partial charge on any atom is -0.492 e. The van der Waals surface area contributed by atoms with Gasteiger partial charge in [-0.3, -0.25) is 0 Å². The van der Waals surface area contributed by atoms with E-state index in [2.05, 4.69) is 38.3 Å². The molecule has 0 saturated carbocycles. The largest absolute Gasteiger partial charge is 0.492 e. The molecule has 72 valence electrons. The van der Waals surface area contributed by atoms with Crippen LogP contribution in [0.15, 0.2) is 23.1 Å². The molecule has 0 saturated heterocycles. The van der Waals surface area contributed by atoms with Gasteiger partial charge in [-0.05, 0) is 37.3 Å². The fourth-order valence-corrected chi connectivity index (χ4v) is 1.63. The predicted molar refractivity (Wildman–Crippen MR) is 58.7 cm³/mol. The van der Waals surface area contributed by atoms with Crippen LogP contribution in [-0.4, -0.2) is 12.9 Å². The van der Waals surface area contributed by atoms with Gasteiger partial charge in [-0.15, -0.1) is 11.8 Å². The van der Waals surface area contributed by atoms with Crippen LogP contribution in [-0.2, 0) is 0 Å². The molecule has 2 heteroatoms. The molecule has 1 rings (SSSR count). The third-order valence-corrected chi connectivity index (χ3v) is 2.56. The van der Waals surface area contributed by atoms with Crippen LogP contribution in [0.1, 0.15) is 18.9 Å². The van der Waals surface area contributed by atoms with Crippen molar-refractivity contribution in [1.82, 2.24) is 0 Å². The number of rotatable bonds is 4. The van der Waals surface area contributed by atoms with Gasteiger partial charge < -0.3 is 4.74 Å². The topological polar surface area (TPSA) is 9.23 Å². The molecule has 0 aliphatic heterocycles. The van der Waals surface area contributed by atoms with Crippen molar-refractivity contribution >= 4 is 11.8 Å². The van der Waals surface area contributed by atoms with Crippen LogP contribution in [0.4, 0.5) is 0 Å². The first-order valence-corrected chi connectivity index (χ1v) is 5.78. The first kappa shape index (κ1) is 10.5. The lowest BCUT2D eigenvalue weighted by atomic mass is 10.2. The summed E-state index contributed by atoms with van der Waals surface area (Å²) < 4.78 is 5.64. The molecule has 0 fully saturated rings. The second-order valence-electron chi connectivity index (χ2n) is 3.00. The van der Waals surface area contributed by atoms with E-state index in [1.54, 1.807) is 11.8 Å². The van der Waals surface area contributed by atoms with E-state index in [4.69, 9.17) is 4.74 Å². The molecule has 13 heavy (non-hydrogen) atoms. The first-order chi connectivity index (χ1) is 6.27. The Morgan fingerprint density at radius 1 is 1.38 bits per heavy atom. The van der Waals surface area contributed by atoms with Gasteiger partial charge in [-0.1, -0.05) is 13.0 Å². The highest BCUT2D eigenvalue weighted by atomic mass is 32.2. The fraction of sp³-hybridized carbons (Fsp3) is 0.455. The maximum Gasteiger partial charge on any atom is 0.133 e. The van der Waals surface area contributed by atoms with Crippen LogP contribution in [0.2, 0.25) is 0 Å². The molecular weight excluding hydrogens is 180 g/mol. The van der Waals surface area contributed by atoms with Crippen molar-refractivity contribution < 1.29 is 4.74 Å². The van der Waals surface area contributed by atoms with Crippen molar-refractivity contribution in [1.29, 1.82) is 0 Å². The van der Waals surface area contributed by atoms with Crippen molar-refractivity contribution in [2.75, 3.05) is 12.9 Å². The molecule has 0 aliphatic rings. The van der Waals surface area contributed by atoms with Crippen LogP contribution in [0.3, 0.4) is 0 Å². The van der Waals surface area contributed by atoms with Crippen LogP contribution in [0, 0.1) is 6.92 Å². The summed E-state index contributed by atoms with van der Waals surface area (Å²) in [5.41, 5.74) is 1.25. The van der Waals surface area contributed by atoms with Gasteiger partial charge in [0.25, 0.3) is 0 Å². The van der Waals surface area contributed by atoms with E-state index in [-0.39, 0.29) is 0 Å². The lowest BCUT2D eigenvalue weighted by Gasteiger charge is -2.09. The molecule has 1 aromatic rings. The second-order valence-corrected chi connectivity index (χ2v) is 3.85. The van der Waals surface area contributed by atoms with E-state index in [1.165, 1.54) is 10.5 Å². The molecule has 1 aromatic carbocycles. The van der Waals surface area contributed by atoms with E-state index in [0.29, 0.717) is 0 Å². The van der Waals surface area contributed by atoms with Gasteiger partial charge in [0.15, 0.2) is 0 Å². The molecule has 0 N–H and O–H groups in total. The summed E-state index contributed by atoms with van der Waals surface area (Å²) in [6.45, 7) is 5.01. The molecule has 1 nitrogen and oxygen atoms in total. The smallest absolute Gasteiger partial charge is 0.133 e. The number of thioether (sulfide) groups is 1. The van der Waals surface area contributed by atoms with Crippen LogP contribution >= 0.6 is 11.8 Å². The minimum atomic E-state index is 0.803. The zero-order valence-electron chi connectivity index (χ0n) is 8.46. The van der Waals surface area contributed by atoms with Crippen molar-refractivity contribution in [2.24, 2.45) is 0 Å². The predicted octanol–water partition coefficient (Wildman–Crippen LogP) is 3.51. The zero-order valence-corrected chi connectivity index (χ0v) is 9.28. The number of ether oxygens (including phenoxy) is 1. The van der Waals surface area contributed by atoms with Crippen LogP contribution in [0.25, 0.3) is 0 Å². The summed E-state index contributed by atoms with van der Waals surface area (Å²) in [6.07, 6.45) is 3.13. The van der Waals surface area contributed by atoms with E-state index in [1.807, 2.05) is 0 Å². The Kier molecular flexibility index (Phi) is 4.16. The van der Waals surface area contributed by atoms with E-state index in [0.717, 1.165) is 18.8 Å². The van der Waals surface area contributed by atoms with Crippen molar-refractivity contribution in [3.63, 3.8) is 0 Å². The Labute approximate surface area is 84.5 Å². The summed E-state index contributed by atoms with van der Waals surface area (Å²) in [5.74, 6) is 1.02. The molecular formula is C11H16OS. The number of hydrogen-bond donors (Lipinski definition) is 0. The minimum absolute atomic E-state index is 0.803. The molecule has 0 aromatic heterocycles. The van der Waals surface area contributed by atoms with Gasteiger partial charge in [0.2, 0.25) is 0 Å². The van der Waals surface area contributed by atoms with Gasteiger partial charge in [-0.2, -0.15) is 0 Å². The number of benzene rings is 1. The highest BCUT2D eigenvalue weighted by Gasteiger charge is 2.01. The normalized spacial score (nSPS) is 10.1. The Balaban J connectivity index is 2.81. The van der Waals surface area contributed by atoms with Crippen molar-refractivity contribution in [3.8, 4) is 5.75 Å². The van der Waals surface area contributed by atoms with Crippen LogP contribution in [0.5, 0.6) is 5.75 Å². The monoisotopic (exact) mass is 196 g/mol. The zero-order chi connectivity index (χ0) is 9.68. The number of hydrogen-bond acceptors (Lipinski definition) is 2. The van der Waals surface area contributed by atoms with Crippen molar-refractivity contribution in [2.45, 2.75) is 25.2 Å². The van der Waals surface area contributed by atoms with Gasteiger partial charge in [0.05, 0.1) is 6.61 Å². The third-order valence-electron chi connectivity index (χ3n) is 1.78. The highest BCUT2D eigenvalue weighted by molar-refractivity contribution is 7.98. The number of aryl methyl sites for hydroxylation is 1. The van der Waals surface area contributed by atoms with Crippen LogP contribution < -0.4 is 4.74 Å². The van der Waals surface area contributed by atoms with Crippen molar-refractivity contribution in [3.05, 3.63) is 23.8 Å². The maximum atomic E-state index is 5.64. The second kappa shape index (κ2) is 5.18. The Morgan fingerprint density at radius 2 is 2.15 bits per heavy atom. The lowest BCUT2D eigenvalue weighted by Crippen LogP contribution is -1.96. The highest BCUT2D eigenvalue weighted by Crippen LogP contribution is 2.28. The summed E-state index contributed by atoms with van der Waals surface area (Å²) in [5, 5.41) is 0. The Bertz CT molecular complexity index is 271. The molecule has 0 atom stereocenters. The Morgan fingerprint density at radius 3 is 2.77 bits per heavy atom. The first-order valence-electron chi connectivity index (χ1n) is 4.55. The molecule has 0 radical (unpaired) electrons. The average Bonchev–Trinajstić information content (AvgIpc) is 2.15. The summed E-state index contributed by atoms with van der Waals surface area (Å²) in [7, 11) is 0. The molecule has 0 spiro atoms. The maximum absolute atomic E-state index is 5.64. The SMILES string of the molecule is CCCOc1cc(C)ccc1SC. The van der Waals surface area contributed by atoms with Gasteiger partial charge in [0.1, 0.15) is 5.75 Å². The molecule has 0 aliphatic carbocycles. The fourth-order valence-electron chi connectivity index (χ4n) is 1.11. The van der Waals surface area contributed by atoms with Gasteiger partial charge in [0, 0.05) is 4.90 Å². The molecule has 0 heterocycles. The standard InChI is InChI=1S/C11H16OS/c1-4-7-12-10-8-9(2)5-6-11(10)13-3/h5-6,8H,4,7H2,1-3H3. The molecule has 0 amide bonds. The third kappa shape index (κ3) is 2.96. The van der Waals surface area contributed by atoms with Gasteiger partial charge in [-0.25, -0.2) is 0 Å². The van der Waals surface area contributed by atoms with E-state index < -0.39 is 0 Å². The van der Waals surface area contributed by atoms with E-state index >= 15 is 0 Å².